The van der Waals surface area contributed by atoms with Gasteiger partial charge >= 0.3 is 5.97 Å². The summed E-state index contributed by atoms with van der Waals surface area (Å²) in [6, 6.07) is 4.00. The molecule has 0 saturated heterocycles. The van der Waals surface area contributed by atoms with E-state index in [0.29, 0.717) is 18.5 Å². The van der Waals surface area contributed by atoms with Gasteiger partial charge in [0.15, 0.2) is 0 Å². The number of hydrogen-bond donors (Lipinski definition) is 3. The quantitative estimate of drug-likeness (QED) is 0.692. The largest absolute Gasteiger partial charge is 0.478 e. The second-order valence-electron chi connectivity index (χ2n) is 3.96. The molecule has 1 aromatic rings. The molecular weight excluding hydrogens is 244 g/mol. The van der Waals surface area contributed by atoms with E-state index in [2.05, 4.69) is 4.72 Å². The molecule has 0 heterocycles. The van der Waals surface area contributed by atoms with Crippen LogP contribution in [0.3, 0.4) is 0 Å². The lowest BCUT2D eigenvalue weighted by atomic mass is 10.1. The number of sulfonamides is 1. The Kier molecular flexibility index (Phi) is 2.70. The number of benzene rings is 1. The lowest BCUT2D eigenvalue weighted by Gasteiger charge is -2.10. The van der Waals surface area contributed by atoms with E-state index in [1.165, 1.54) is 18.2 Å². The van der Waals surface area contributed by atoms with E-state index >= 15 is 0 Å². The van der Waals surface area contributed by atoms with E-state index in [0.717, 1.165) is 0 Å². The first kappa shape index (κ1) is 11.7. The summed E-state index contributed by atoms with van der Waals surface area (Å²) in [6.07, 6.45) is 1.22. The van der Waals surface area contributed by atoms with Crippen molar-refractivity contribution in [2.75, 3.05) is 10.5 Å². The Bertz CT molecular complexity index is 564. The number of anilines is 2. The average molecular weight is 256 g/mol. The van der Waals surface area contributed by atoms with Crippen LogP contribution in [0.15, 0.2) is 18.2 Å². The molecule has 4 N–H and O–H groups in total. The van der Waals surface area contributed by atoms with Gasteiger partial charge in [-0.25, -0.2) is 13.2 Å². The molecule has 0 unspecified atom stereocenters. The maximum atomic E-state index is 11.7. The summed E-state index contributed by atoms with van der Waals surface area (Å²) >= 11 is 0. The SMILES string of the molecule is Nc1ccc(C(=O)O)c(NS(=O)(=O)C2CC2)c1. The molecule has 6 nitrogen and oxygen atoms in total. The predicted molar refractivity (Wildman–Crippen MR) is 63.4 cm³/mol. The van der Waals surface area contributed by atoms with Gasteiger partial charge in [-0.2, -0.15) is 0 Å². The van der Waals surface area contributed by atoms with Crippen molar-refractivity contribution in [2.24, 2.45) is 0 Å². The third-order valence-corrected chi connectivity index (χ3v) is 4.34. The summed E-state index contributed by atoms with van der Waals surface area (Å²) in [6.45, 7) is 0. The van der Waals surface area contributed by atoms with E-state index in [4.69, 9.17) is 10.8 Å². The van der Waals surface area contributed by atoms with Crippen LogP contribution >= 0.6 is 0 Å². The van der Waals surface area contributed by atoms with Crippen molar-refractivity contribution >= 4 is 27.4 Å². The van der Waals surface area contributed by atoms with Crippen molar-refractivity contribution in [1.82, 2.24) is 0 Å². The predicted octanol–water partition coefficient (Wildman–Crippen LogP) is 0.871. The smallest absolute Gasteiger partial charge is 0.337 e. The molecular formula is C10H12N2O4S. The second kappa shape index (κ2) is 3.92. The molecule has 1 aliphatic rings. The van der Waals surface area contributed by atoms with Crippen LogP contribution in [0.5, 0.6) is 0 Å². The fraction of sp³-hybridized carbons (Fsp3) is 0.300. The molecule has 0 spiro atoms. The Balaban J connectivity index is 2.37. The van der Waals surface area contributed by atoms with E-state index in [-0.39, 0.29) is 11.3 Å². The van der Waals surface area contributed by atoms with Crippen molar-refractivity contribution in [1.29, 1.82) is 0 Å². The highest BCUT2D eigenvalue weighted by atomic mass is 32.2. The first-order chi connectivity index (χ1) is 7.90. The maximum absolute atomic E-state index is 11.7. The van der Waals surface area contributed by atoms with Gasteiger partial charge in [0.1, 0.15) is 0 Å². The molecule has 0 amide bonds. The van der Waals surface area contributed by atoms with Gasteiger partial charge in [0.05, 0.1) is 16.5 Å². The Morgan fingerprint density at radius 2 is 2.06 bits per heavy atom. The first-order valence-corrected chi connectivity index (χ1v) is 6.59. The number of rotatable bonds is 4. The number of aromatic carboxylic acids is 1. The highest BCUT2D eigenvalue weighted by molar-refractivity contribution is 7.93. The molecule has 0 aromatic heterocycles. The first-order valence-electron chi connectivity index (χ1n) is 5.04. The minimum Gasteiger partial charge on any atom is -0.478 e. The van der Waals surface area contributed by atoms with Crippen molar-refractivity contribution in [3.63, 3.8) is 0 Å². The summed E-state index contributed by atoms with van der Waals surface area (Å²) in [4.78, 5) is 10.9. The molecule has 1 saturated carbocycles. The fourth-order valence-electron chi connectivity index (χ4n) is 1.45. The van der Waals surface area contributed by atoms with E-state index in [9.17, 15) is 13.2 Å². The highest BCUT2D eigenvalue weighted by Crippen LogP contribution is 2.31. The van der Waals surface area contributed by atoms with Crippen LogP contribution < -0.4 is 10.5 Å². The molecule has 0 aliphatic heterocycles. The summed E-state index contributed by atoms with van der Waals surface area (Å²) < 4.78 is 25.7. The molecule has 92 valence electrons. The van der Waals surface area contributed by atoms with Crippen LogP contribution in [-0.4, -0.2) is 24.7 Å². The van der Waals surface area contributed by atoms with Gasteiger partial charge < -0.3 is 10.8 Å². The van der Waals surface area contributed by atoms with Crippen molar-refractivity contribution in [3.8, 4) is 0 Å². The van der Waals surface area contributed by atoms with Crippen molar-refractivity contribution in [3.05, 3.63) is 23.8 Å². The summed E-state index contributed by atoms with van der Waals surface area (Å²) in [7, 11) is -3.48. The van der Waals surface area contributed by atoms with Gasteiger partial charge in [-0.3, -0.25) is 4.72 Å². The fourth-order valence-corrected chi connectivity index (χ4v) is 2.85. The third-order valence-electron chi connectivity index (χ3n) is 2.49. The van der Waals surface area contributed by atoms with Crippen molar-refractivity contribution in [2.45, 2.75) is 18.1 Å². The summed E-state index contributed by atoms with van der Waals surface area (Å²) in [5.74, 6) is -1.20. The third kappa shape index (κ3) is 2.50. The van der Waals surface area contributed by atoms with Crippen LogP contribution in [0.1, 0.15) is 23.2 Å². The van der Waals surface area contributed by atoms with Crippen LogP contribution in [0.4, 0.5) is 11.4 Å². The second-order valence-corrected chi connectivity index (χ2v) is 5.92. The molecule has 7 heteroatoms. The average Bonchev–Trinajstić information content (AvgIpc) is 2.99. The van der Waals surface area contributed by atoms with E-state index < -0.39 is 21.2 Å². The number of carboxylic acid groups (broad SMARTS) is 1. The molecule has 1 fully saturated rings. The molecule has 17 heavy (non-hydrogen) atoms. The van der Waals surface area contributed by atoms with E-state index in [1.54, 1.807) is 0 Å². The lowest BCUT2D eigenvalue weighted by Crippen LogP contribution is -2.19. The molecule has 0 atom stereocenters. The molecule has 0 bridgehead atoms. The molecule has 1 aromatic carbocycles. The van der Waals surface area contributed by atoms with Gasteiger partial charge in [-0.15, -0.1) is 0 Å². The number of nitrogen functional groups attached to an aromatic ring is 1. The number of carboxylic acids is 1. The Labute approximate surface area is 98.5 Å². The van der Waals surface area contributed by atoms with Gasteiger partial charge in [0.2, 0.25) is 10.0 Å². The number of carbonyl (C=O) groups is 1. The zero-order valence-electron chi connectivity index (χ0n) is 8.88. The van der Waals surface area contributed by atoms with Gasteiger partial charge in [0.25, 0.3) is 0 Å². The van der Waals surface area contributed by atoms with Gasteiger partial charge in [-0.05, 0) is 31.0 Å². The highest BCUT2D eigenvalue weighted by Gasteiger charge is 2.36. The van der Waals surface area contributed by atoms with Gasteiger partial charge in [0, 0.05) is 5.69 Å². The van der Waals surface area contributed by atoms with Gasteiger partial charge in [-0.1, -0.05) is 0 Å². The van der Waals surface area contributed by atoms with Crippen molar-refractivity contribution < 1.29 is 18.3 Å². The van der Waals surface area contributed by atoms with E-state index in [1.807, 2.05) is 0 Å². The van der Waals surface area contributed by atoms with Crippen LogP contribution in [-0.2, 0) is 10.0 Å². The van der Waals surface area contributed by atoms with Crippen LogP contribution in [0, 0.1) is 0 Å². The summed E-state index contributed by atoms with van der Waals surface area (Å²) in [5.41, 5.74) is 5.73. The van der Waals surface area contributed by atoms with Crippen LogP contribution in [0.25, 0.3) is 0 Å². The molecule has 0 radical (unpaired) electrons. The molecule has 1 aliphatic carbocycles. The normalized spacial score (nSPS) is 15.5. The number of nitrogens with two attached hydrogens (primary N) is 1. The minimum absolute atomic E-state index is 0.0180. The maximum Gasteiger partial charge on any atom is 0.337 e. The number of nitrogens with one attached hydrogen (secondary N) is 1. The number of hydrogen-bond acceptors (Lipinski definition) is 4. The Hall–Kier alpha value is -1.76. The topological polar surface area (TPSA) is 109 Å². The van der Waals surface area contributed by atoms with Crippen LogP contribution in [0.2, 0.25) is 0 Å². The Morgan fingerprint density at radius 1 is 1.41 bits per heavy atom. The zero-order valence-corrected chi connectivity index (χ0v) is 9.70. The lowest BCUT2D eigenvalue weighted by molar-refractivity contribution is 0.0698. The summed E-state index contributed by atoms with van der Waals surface area (Å²) in [5, 5.41) is 8.52. The molecule has 2 rings (SSSR count). The monoisotopic (exact) mass is 256 g/mol. The standard InChI is InChI=1S/C10H12N2O4S/c11-6-1-4-8(10(13)14)9(5-6)12-17(15,16)7-2-3-7/h1,4-5,7,12H,2-3,11H2,(H,13,14). The zero-order chi connectivity index (χ0) is 12.6. The Morgan fingerprint density at radius 3 is 2.59 bits per heavy atom. The minimum atomic E-state index is -3.48.